The largest absolute Gasteiger partial charge is 0.277 e. The van der Waals surface area contributed by atoms with Crippen molar-refractivity contribution in [3.63, 3.8) is 0 Å². The van der Waals surface area contributed by atoms with Gasteiger partial charge >= 0.3 is 0 Å². The molecule has 4 nitrogen and oxygen atoms in total. The molecule has 5 heteroatoms. The number of unbranched alkanes of at least 4 members (excludes halogenated alkanes) is 1. The molecular weight excluding hydrogens is 236 g/mol. The van der Waals surface area contributed by atoms with Crippen molar-refractivity contribution in [1.82, 2.24) is 9.44 Å². The molecule has 0 aromatic rings. The van der Waals surface area contributed by atoms with E-state index in [2.05, 4.69) is 30.2 Å². The molecule has 0 unspecified atom stereocenters. The van der Waals surface area contributed by atoms with Crippen LogP contribution in [0, 0.1) is 5.41 Å². The Kier molecular flexibility index (Phi) is 6.11. The lowest BCUT2D eigenvalue weighted by molar-refractivity contribution is 0.360. The first-order valence-electron chi connectivity index (χ1n) is 6.20. The Bertz CT molecular complexity index is 310. The Labute approximate surface area is 107 Å². The molecule has 0 rings (SSSR count). The highest BCUT2D eigenvalue weighted by molar-refractivity contribution is 7.87. The van der Waals surface area contributed by atoms with Crippen molar-refractivity contribution in [2.24, 2.45) is 5.41 Å². The molecule has 0 aliphatic heterocycles. The van der Waals surface area contributed by atoms with Crippen LogP contribution in [-0.2, 0) is 10.2 Å². The molecule has 0 bridgehead atoms. The molecule has 17 heavy (non-hydrogen) atoms. The summed E-state index contributed by atoms with van der Waals surface area (Å²) >= 11 is 0. The van der Waals surface area contributed by atoms with E-state index in [1.54, 1.807) is 0 Å². The van der Waals surface area contributed by atoms with Gasteiger partial charge in [-0.05, 0) is 39.0 Å². The van der Waals surface area contributed by atoms with E-state index in [0.29, 0.717) is 12.0 Å². The van der Waals surface area contributed by atoms with E-state index in [1.807, 2.05) is 20.8 Å². The molecule has 2 N–H and O–H groups in total. The molecule has 0 aromatic carbocycles. The summed E-state index contributed by atoms with van der Waals surface area (Å²) in [4.78, 5) is 0. The molecule has 0 aliphatic carbocycles. The van der Waals surface area contributed by atoms with E-state index in [9.17, 15) is 8.42 Å². The monoisotopic (exact) mass is 264 g/mol. The zero-order chi connectivity index (χ0) is 13.7. The predicted molar refractivity (Wildman–Crippen MR) is 73.1 cm³/mol. The number of hydrogen-bond acceptors (Lipinski definition) is 2. The van der Waals surface area contributed by atoms with Crippen LogP contribution in [0.1, 0.15) is 60.8 Å². The molecule has 0 saturated carbocycles. The van der Waals surface area contributed by atoms with Gasteiger partial charge in [0.1, 0.15) is 0 Å². The van der Waals surface area contributed by atoms with Gasteiger partial charge in [0.2, 0.25) is 0 Å². The maximum Gasteiger partial charge on any atom is 0.277 e. The van der Waals surface area contributed by atoms with Crippen LogP contribution >= 0.6 is 0 Å². The molecule has 0 amide bonds. The van der Waals surface area contributed by atoms with Gasteiger partial charge < -0.3 is 0 Å². The van der Waals surface area contributed by atoms with Gasteiger partial charge in [-0.15, -0.1) is 0 Å². The third-order valence-electron chi connectivity index (χ3n) is 2.09. The summed E-state index contributed by atoms with van der Waals surface area (Å²) in [6.07, 6.45) is 3.03. The average molecular weight is 264 g/mol. The highest BCUT2D eigenvalue weighted by Gasteiger charge is 2.18. The van der Waals surface area contributed by atoms with E-state index in [0.717, 1.165) is 19.3 Å². The van der Waals surface area contributed by atoms with Crippen molar-refractivity contribution in [2.45, 2.75) is 66.3 Å². The Hall–Kier alpha value is -0.130. The van der Waals surface area contributed by atoms with Crippen LogP contribution in [0.4, 0.5) is 0 Å². The van der Waals surface area contributed by atoms with Gasteiger partial charge in [0.15, 0.2) is 0 Å². The van der Waals surface area contributed by atoms with Gasteiger partial charge in [0, 0.05) is 12.1 Å². The van der Waals surface area contributed by atoms with Gasteiger partial charge in [0.25, 0.3) is 10.2 Å². The molecule has 0 spiro atoms. The van der Waals surface area contributed by atoms with E-state index in [1.165, 1.54) is 0 Å². The van der Waals surface area contributed by atoms with Crippen LogP contribution in [0.2, 0.25) is 0 Å². The summed E-state index contributed by atoms with van der Waals surface area (Å²) in [5.74, 6) is 0. The van der Waals surface area contributed by atoms with Gasteiger partial charge in [-0.3, -0.25) is 0 Å². The van der Waals surface area contributed by atoms with Crippen LogP contribution in [0.15, 0.2) is 0 Å². The summed E-state index contributed by atoms with van der Waals surface area (Å²) in [6.45, 7) is 12.6. The first-order chi connectivity index (χ1) is 7.41. The Morgan fingerprint density at radius 1 is 0.941 bits per heavy atom. The Balaban J connectivity index is 3.82. The number of hydrogen-bond donors (Lipinski definition) is 2. The second-order valence-electron chi connectivity index (χ2n) is 6.77. The first-order valence-corrected chi connectivity index (χ1v) is 7.68. The second-order valence-corrected chi connectivity index (χ2v) is 8.27. The zero-order valence-electron chi connectivity index (χ0n) is 12.1. The van der Waals surface area contributed by atoms with Gasteiger partial charge in [-0.1, -0.05) is 27.2 Å². The van der Waals surface area contributed by atoms with Crippen molar-refractivity contribution in [2.75, 3.05) is 6.54 Å². The maximum absolute atomic E-state index is 11.6. The Morgan fingerprint density at radius 2 is 1.47 bits per heavy atom. The number of nitrogens with one attached hydrogen (secondary N) is 2. The fourth-order valence-electron chi connectivity index (χ4n) is 1.43. The van der Waals surface area contributed by atoms with Gasteiger partial charge in [-0.25, -0.2) is 4.72 Å². The smallest absolute Gasteiger partial charge is 0.202 e. The second kappa shape index (κ2) is 6.16. The lowest BCUT2D eigenvalue weighted by Crippen LogP contribution is -2.47. The van der Waals surface area contributed by atoms with Crippen molar-refractivity contribution < 1.29 is 8.42 Å². The third kappa shape index (κ3) is 12.1. The summed E-state index contributed by atoms with van der Waals surface area (Å²) in [5.41, 5.74) is -0.111. The summed E-state index contributed by atoms with van der Waals surface area (Å²) in [6, 6.07) is 0. The zero-order valence-corrected chi connectivity index (χ0v) is 12.9. The molecule has 0 fully saturated rings. The van der Waals surface area contributed by atoms with Crippen LogP contribution < -0.4 is 9.44 Å². The molecule has 0 aliphatic rings. The van der Waals surface area contributed by atoms with E-state index in [4.69, 9.17) is 0 Å². The van der Waals surface area contributed by atoms with E-state index in [-0.39, 0.29) is 0 Å². The summed E-state index contributed by atoms with van der Waals surface area (Å²) < 4.78 is 28.3. The lowest BCUT2D eigenvalue weighted by Gasteiger charge is -2.21. The molecule has 0 saturated heterocycles. The molecular formula is C12H28N2O2S. The van der Waals surface area contributed by atoms with Crippen molar-refractivity contribution in [3.05, 3.63) is 0 Å². The fourth-order valence-corrected chi connectivity index (χ4v) is 2.72. The van der Waals surface area contributed by atoms with E-state index >= 15 is 0 Å². The summed E-state index contributed by atoms with van der Waals surface area (Å²) in [5, 5.41) is 0. The van der Waals surface area contributed by atoms with Gasteiger partial charge in [-0.2, -0.15) is 13.1 Å². The predicted octanol–water partition coefficient (Wildman–Crippen LogP) is 2.43. The highest BCUT2D eigenvalue weighted by atomic mass is 32.2. The van der Waals surface area contributed by atoms with E-state index < -0.39 is 15.7 Å². The van der Waals surface area contributed by atoms with Gasteiger partial charge in [0.05, 0.1) is 0 Å². The molecule has 104 valence electrons. The SMILES string of the molecule is CC(C)(C)CCCCNS(=O)(=O)NC(C)(C)C. The van der Waals surface area contributed by atoms with Crippen LogP contribution in [-0.4, -0.2) is 20.5 Å². The van der Waals surface area contributed by atoms with Crippen molar-refractivity contribution >= 4 is 10.2 Å². The highest BCUT2D eigenvalue weighted by Crippen LogP contribution is 2.21. The number of rotatable bonds is 6. The summed E-state index contributed by atoms with van der Waals surface area (Å²) in [7, 11) is -3.36. The first kappa shape index (κ1) is 16.9. The topological polar surface area (TPSA) is 58.2 Å². The standard InChI is InChI=1S/C12H28N2O2S/c1-11(2,3)9-7-8-10-13-17(15,16)14-12(4,5)6/h13-14H,7-10H2,1-6H3. The third-order valence-corrected chi connectivity index (χ3v) is 3.55. The molecule has 0 radical (unpaired) electrons. The molecule has 0 heterocycles. The lowest BCUT2D eigenvalue weighted by atomic mass is 9.90. The normalized spacial score (nSPS) is 14.0. The van der Waals surface area contributed by atoms with Crippen molar-refractivity contribution in [3.8, 4) is 0 Å². The maximum atomic E-state index is 11.6. The molecule has 0 atom stereocenters. The fraction of sp³-hybridized carbons (Fsp3) is 1.00. The quantitative estimate of drug-likeness (QED) is 0.724. The minimum atomic E-state index is -3.36. The average Bonchev–Trinajstić information content (AvgIpc) is 1.95. The minimum Gasteiger partial charge on any atom is -0.202 e. The van der Waals surface area contributed by atoms with Crippen LogP contribution in [0.3, 0.4) is 0 Å². The van der Waals surface area contributed by atoms with Crippen molar-refractivity contribution in [1.29, 1.82) is 0 Å². The molecule has 0 aromatic heterocycles. The minimum absolute atomic E-state index is 0.322. The van der Waals surface area contributed by atoms with Crippen LogP contribution in [0.25, 0.3) is 0 Å². The van der Waals surface area contributed by atoms with Crippen LogP contribution in [0.5, 0.6) is 0 Å². The Morgan fingerprint density at radius 3 is 1.88 bits per heavy atom.